The van der Waals surface area contributed by atoms with E-state index in [0.717, 1.165) is 5.56 Å². The van der Waals surface area contributed by atoms with Crippen molar-refractivity contribution in [3.05, 3.63) is 76.0 Å². The standard InChI is InChI=1S/C20H22N4O4S/c1-14-13-19(23(21-14)16-7-9-17(10-8-16)24(25)26)22-29(27,28)18-11-5-15(6-12-18)20(2,3)4/h5-13,22H,1-4H3. The molecule has 0 aliphatic rings. The summed E-state index contributed by atoms with van der Waals surface area (Å²) in [6, 6.07) is 14.1. The number of sulfonamides is 1. The molecule has 0 atom stereocenters. The highest BCUT2D eigenvalue weighted by molar-refractivity contribution is 7.92. The summed E-state index contributed by atoms with van der Waals surface area (Å²) in [5.41, 5.74) is 2.00. The third-order valence-electron chi connectivity index (χ3n) is 4.41. The Morgan fingerprint density at radius 1 is 1.03 bits per heavy atom. The van der Waals surface area contributed by atoms with Gasteiger partial charge in [0.1, 0.15) is 5.82 Å². The third-order valence-corrected chi connectivity index (χ3v) is 5.78. The molecule has 0 aliphatic heterocycles. The third kappa shape index (κ3) is 4.45. The topological polar surface area (TPSA) is 107 Å². The number of non-ortho nitro benzene ring substituents is 1. The van der Waals surface area contributed by atoms with E-state index in [0.29, 0.717) is 11.4 Å². The Bertz CT molecular complexity index is 1140. The number of benzene rings is 2. The molecule has 0 saturated carbocycles. The number of aromatic nitrogens is 2. The van der Waals surface area contributed by atoms with Crippen LogP contribution in [0.2, 0.25) is 0 Å². The van der Waals surface area contributed by atoms with Gasteiger partial charge in [0.2, 0.25) is 0 Å². The maximum atomic E-state index is 12.9. The molecule has 152 valence electrons. The van der Waals surface area contributed by atoms with Gasteiger partial charge in [-0.1, -0.05) is 32.9 Å². The smallest absolute Gasteiger partial charge is 0.263 e. The minimum absolute atomic E-state index is 0.0568. The largest absolute Gasteiger partial charge is 0.269 e. The van der Waals surface area contributed by atoms with E-state index in [-0.39, 0.29) is 21.8 Å². The zero-order chi connectivity index (χ0) is 21.4. The van der Waals surface area contributed by atoms with Gasteiger partial charge in [0.15, 0.2) is 0 Å². The van der Waals surface area contributed by atoms with Crippen molar-refractivity contribution in [3.8, 4) is 5.69 Å². The van der Waals surface area contributed by atoms with Gasteiger partial charge in [-0.05, 0) is 42.2 Å². The Balaban J connectivity index is 1.93. The number of aryl methyl sites for hydroxylation is 1. The number of nitrogens with zero attached hydrogens (tertiary/aromatic N) is 3. The van der Waals surface area contributed by atoms with Crippen LogP contribution in [0.4, 0.5) is 11.5 Å². The van der Waals surface area contributed by atoms with Gasteiger partial charge in [-0.2, -0.15) is 5.10 Å². The second kappa shape index (κ2) is 7.32. The normalized spacial score (nSPS) is 12.0. The molecule has 2 aromatic carbocycles. The van der Waals surface area contributed by atoms with Crippen molar-refractivity contribution in [2.45, 2.75) is 38.0 Å². The Hall–Kier alpha value is -3.20. The fraction of sp³-hybridized carbons (Fsp3) is 0.250. The fourth-order valence-corrected chi connectivity index (χ4v) is 3.85. The van der Waals surface area contributed by atoms with E-state index in [1.54, 1.807) is 37.3 Å². The van der Waals surface area contributed by atoms with Gasteiger partial charge < -0.3 is 0 Å². The number of anilines is 1. The van der Waals surface area contributed by atoms with Crippen molar-refractivity contribution in [2.24, 2.45) is 0 Å². The zero-order valence-corrected chi connectivity index (χ0v) is 17.4. The maximum absolute atomic E-state index is 12.9. The lowest BCUT2D eigenvalue weighted by atomic mass is 9.87. The second-order valence-corrected chi connectivity index (χ2v) is 9.42. The van der Waals surface area contributed by atoms with E-state index in [2.05, 4.69) is 30.6 Å². The molecule has 0 bridgehead atoms. The lowest BCUT2D eigenvalue weighted by molar-refractivity contribution is -0.384. The fourth-order valence-electron chi connectivity index (χ4n) is 2.82. The monoisotopic (exact) mass is 414 g/mol. The summed E-state index contributed by atoms with van der Waals surface area (Å²) in [4.78, 5) is 10.5. The second-order valence-electron chi connectivity index (χ2n) is 7.74. The van der Waals surface area contributed by atoms with Crippen LogP contribution >= 0.6 is 0 Å². The molecule has 29 heavy (non-hydrogen) atoms. The molecule has 8 nitrogen and oxygen atoms in total. The van der Waals surface area contributed by atoms with Crippen LogP contribution in [0.1, 0.15) is 32.0 Å². The predicted molar refractivity (Wildman–Crippen MR) is 111 cm³/mol. The predicted octanol–water partition coefficient (Wildman–Crippen LogP) is 4.19. The first kappa shape index (κ1) is 20.5. The Kier molecular flexibility index (Phi) is 5.18. The van der Waals surface area contributed by atoms with Gasteiger partial charge in [0.25, 0.3) is 15.7 Å². The summed E-state index contributed by atoms with van der Waals surface area (Å²) in [5.74, 6) is 0.247. The van der Waals surface area contributed by atoms with Crippen LogP contribution in [0.3, 0.4) is 0 Å². The summed E-state index contributed by atoms with van der Waals surface area (Å²) in [6.07, 6.45) is 0. The quantitative estimate of drug-likeness (QED) is 0.498. The number of hydrogen-bond acceptors (Lipinski definition) is 5. The van der Waals surface area contributed by atoms with E-state index in [1.165, 1.54) is 28.9 Å². The highest BCUT2D eigenvalue weighted by Gasteiger charge is 2.20. The molecular weight excluding hydrogens is 392 g/mol. The average Bonchev–Trinajstić information content (AvgIpc) is 3.00. The minimum atomic E-state index is -3.83. The summed E-state index contributed by atoms with van der Waals surface area (Å²) in [5, 5.41) is 15.1. The van der Waals surface area contributed by atoms with Crippen LogP contribution in [0.5, 0.6) is 0 Å². The number of nitro benzene ring substituents is 1. The molecule has 3 rings (SSSR count). The molecule has 0 amide bonds. The van der Waals surface area contributed by atoms with Crippen molar-refractivity contribution in [3.63, 3.8) is 0 Å². The van der Waals surface area contributed by atoms with Gasteiger partial charge >= 0.3 is 0 Å². The van der Waals surface area contributed by atoms with Gasteiger partial charge in [-0.25, -0.2) is 13.1 Å². The molecule has 0 spiro atoms. The molecule has 0 saturated heterocycles. The van der Waals surface area contributed by atoms with Crippen LogP contribution in [-0.2, 0) is 15.4 Å². The lowest BCUT2D eigenvalue weighted by Gasteiger charge is -2.19. The van der Waals surface area contributed by atoms with Crippen LogP contribution in [0, 0.1) is 17.0 Å². The Labute approximate surface area is 169 Å². The van der Waals surface area contributed by atoms with Crippen molar-refractivity contribution >= 4 is 21.5 Å². The van der Waals surface area contributed by atoms with E-state index >= 15 is 0 Å². The number of rotatable bonds is 5. The van der Waals surface area contributed by atoms with Gasteiger partial charge in [0, 0.05) is 18.2 Å². The number of nitrogens with one attached hydrogen (secondary N) is 1. The lowest BCUT2D eigenvalue weighted by Crippen LogP contribution is -2.17. The first-order valence-electron chi connectivity index (χ1n) is 8.92. The number of hydrogen-bond donors (Lipinski definition) is 1. The first-order chi connectivity index (χ1) is 13.5. The molecule has 9 heteroatoms. The van der Waals surface area contributed by atoms with Crippen LogP contribution < -0.4 is 4.72 Å². The van der Waals surface area contributed by atoms with Gasteiger partial charge in [0.05, 0.1) is 21.2 Å². The highest BCUT2D eigenvalue weighted by atomic mass is 32.2. The molecule has 3 aromatic rings. The molecule has 1 aromatic heterocycles. The van der Waals surface area contributed by atoms with Crippen molar-refractivity contribution in [1.29, 1.82) is 0 Å². The van der Waals surface area contributed by atoms with E-state index in [9.17, 15) is 18.5 Å². The Morgan fingerprint density at radius 3 is 2.14 bits per heavy atom. The highest BCUT2D eigenvalue weighted by Crippen LogP contribution is 2.26. The Morgan fingerprint density at radius 2 is 1.62 bits per heavy atom. The summed E-state index contributed by atoms with van der Waals surface area (Å²) < 4.78 is 29.7. The molecule has 1 heterocycles. The molecule has 1 N–H and O–H groups in total. The van der Waals surface area contributed by atoms with Crippen LogP contribution in [0.25, 0.3) is 5.69 Å². The number of nitro groups is 1. The molecule has 0 aliphatic carbocycles. The first-order valence-corrected chi connectivity index (χ1v) is 10.4. The summed E-state index contributed by atoms with van der Waals surface area (Å²) in [7, 11) is -3.83. The summed E-state index contributed by atoms with van der Waals surface area (Å²) in [6.45, 7) is 7.90. The van der Waals surface area contributed by atoms with E-state index < -0.39 is 14.9 Å². The molecule has 0 unspecified atom stereocenters. The van der Waals surface area contributed by atoms with Gasteiger partial charge in [-0.15, -0.1) is 0 Å². The maximum Gasteiger partial charge on any atom is 0.269 e. The SMILES string of the molecule is Cc1cc(NS(=O)(=O)c2ccc(C(C)(C)C)cc2)n(-c2ccc([N+](=O)[O-])cc2)n1. The molecular formula is C20H22N4O4S. The van der Waals surface area contributed by atoms with Crippen molar-refractivity contribution in [1.82, 2.24) is 9.78 Å². The van der Waals surface area contributed by atoms with Crippen molar-refractivity contribution < 1.29 is 13.3 Å². The zero-order valence-electron chi connectivity index (χ0n) is 16.6. The summed E-state index contributed by atoms with van der Waals surface area (Å²) >= 11 is 0. The van der Waals surface area contributed by atoms with E-state index in [4.69, 9.17) is 0 Å². The average molecular weight is 414 g/mol. The molecule has 0 fully saturated rings. The van der Waals surface area contributed by atoms with Crippen molar-refractivity contribution in [2.75, 3.05) is 4.72 Å². The molecule has 0 radical (unpaired) electrons. The van der Waals surface area contributed by atoms with Crippen LogP contribution in [0.15, 0.2) is 59.5 Å². The van der Waals surface area contributed by atoms with Gasteiger partial charge in [-0.3, -0.25) is 14.8 Å². The van der Waals surface area contributed by atoms with Crippen LogP contribution in [-0.4, -0.2) is 23.1 Å². The minimum Gasteiger partial charge on any atom is -0.263 e. The van der Waals surface area contributed by atoms with E-state index in [1.807, 2.05) is 0 Å².